The van der Waals surface area contributed by atoms with Gasteiger partial charge in [0.05, 0.1) is 6.42 Å². The molecule has 0 fully saturated rings. The number of carboxylic acid groups (broad SMARTS) is 1. The molecule has 3 heteroatoms. The Morgan fingerprint density at radius 2 is 1.17 bits per heavy atom. The number of rotatable bonds is 6. The zero-order valence-electron chi connectivity index (χ0n) is 13.2. The van der Waals surface area contributed by atoms with Gasteiger partial charge in [-0.25, -0.2) is 0 Å². The second-order valence-corrected chi connectivity index (χ2v) is 7.96. The van der Waals surface area contributed by atoms with Crippen molar-refractivity contribution in [2.45, 2.75) is 12.1 Å². The summed E-state index contributed by atoms with van der Waals surface area (Å²) >= 11 is 0. The maximum absolute atomic E-state index is 11.6. The largest absolute Gasteiger partial charge is 0.481 e. The molecule has 1 unspecified atom stereocenters. The summed E-state index contributed by atoms with van der Waals surface area (Å²) in [7, 11) is -0.804. The van der Waals surface area contributed by atoms with E-state index in [0.717, 1.165) is 5.56 Å². The van der Waals surface area contributed by atoms with E-state index in [-0.39, 0.29) is 12.1 Å². The Labute approximate surface area is 143 Å². The van der Waals surface area contributed by atoms with Gasteiger partial charge in [-0.1, -0.05) is 91.0 Å². The minimum atomic E-state index is -0.804. The first-order valence-electron chi connectivity index (χ1n) is 7.92. The summed E-state index contributed by atoms with van der Waals surface area (Å²) in [5.41, 5.74) is 1.03. The molecule has 0 aromatic heterocycles. The van der Waals surface area contributed by atoms with Gasteiger partial charge in [-0.3, -0.25) is 4.79 Å². The Bertz CT molecular complexity index is 733. The summed E-state index contributed by atoms with van der Waals surface area (Å²) in [5.74, 6) is -0.761. The van der Waals surface area contributed by atoms with Gasteiger partial charge in [0.15, 0.2) is 0 Å². The zero-order chi connectivity index (χ0) is 16.8. The lowest BCUT2D eigenvalue weighted by Crippen LogP contribution is -2.19. The summed E-state index contributed by atoms with van der Waals surface area (Å²) < 4.78 is 0. The topological polar surface area (TPSA) is 37.3 Å². The van der Waals surface area contributed by atoms with Crippen LogP contribution in [0.4, 0.5) is 0 Å². The highest BCUT2D eigenvalue weighted by Crippen LogP contribution is 2.51. The molecule has 0 aliphatic rings. The normalized spacial score (nSPS) is 12.0. The number of benzene rings is 3. The van der Waals surface area contributed by atoms with Gasteiger partial charge in [0, 0.05) is 5.66 Å². The van der Waals surface area contributed by atoms with Crippen molar-refractivity contribution in [2.24, 2.45) is 0 Å². The second-order valence-electron chi connectivity index (χ2n) is 5.57. The van der Waals surface area contributed by atoms with Crippen LogP contribution in [0.1, 0.15) is 17.6 Å². The van der Waals surface area contributed by atoms with Crippen LogP contribution in [0.25, 0.3) is 0 Å². The van der Waals surface area contributed by atoms with Crippen molar-refractivity contribution in [2.75, 3.05) is 0 Å². The summed E-state index contributed by atoms with van der Waals surface area (Å²) in [6.45, 7) is 0. The summed E-state index contributed by atoms with van der Waals surface area (Å²) in [6.07, 6.45) is 0.125. The SMILES string of the molecule is O=C(O)CC(c1ccccc1)P(c1ccccc1)c1ccccc1. The molecule has 0 aliphatic carbocycles. The molecule has 0 bridgehead atoms. The monoisotopic (exact) mass is 334 g/mol. The minimum absolute atomic E-state index is 0.0523. The lowest BCUT2D eigenvalue weighted by atomic mass is 10.1. The predicted molar refractivity (Wildman–Crippen MR) is 101 cm³/mol. The molecule has 1 N–H and O–H groups in total. The molecule has 3 aromatic rings. The van der Waals surface area contributed by atoms with Crippen LogP contribution in [0.15, 0.2) is 91.0 Å². The van der Waals surface area contributed by atoms with E-state index in [1.807, 2.05) is 66.7 Å². The van der Waals surface area contributed by atoms with Crippen LogP contribution in [0.5, 0.6) is 0 Å². The molecule has 0 spiro atoms. The fourth-order valence-corrected chi connectivity index (χ4v) is 5.70. The maximum Gasteiger partial charge on any atom is 0.304 e. The van der Waals surface area contributed by atoms with Gasteiger partial charge in [0.2, 0.25) is 0 Å². The molecule has 0 saturated carbocycles. The highest BCUT2D eigenvalue weighted by atomic mass is 31.1. The fourth-order valence-electron chi connectivity index (χ4n) is 2.88. The Kier molecular flexibility index (Phi) is 5.40. The Morgan fingerprint density at radius 3 is 1.58 bits per heavy atom. The molecule has 0 heterocycles. The van der Waals surface area contributed by atoms with Crippen molar-refractivity contribution in [3.8, 4) is 0 Å². The zero-order valence-corrected chi connectivity index (χ0v) is 14.1. The van der Waals surface area contributed by atoms with Gasteiger partial charge in [-0.15, -0.1) is 0 Å². The van der Waals surface area contributed by atoms with E-state index >= 15 is 0 Å². The molecule has 2 nitrogen and oxygen atoms in total. The minimum Gasteiger partial charge on any atom is -0.481 e. The number of aliphatic carboxylic acids is 1. The van der Waals surface area contributed by atoms with Gasteiger partial charge in [-0.2, -0.15) is 0 Å². The van der Waals surface area contributed by atoms with E-state index in [9.17, 15) is 9.90 Å². The van der Waals surface area contributed by atoms with E-state index < -0.39 is 13.9 Å². The third kappa shape index (κ3) is 3.90. The van der Waals surface area contributed by atoms with Crippen molar-refractivity contribution in [3.63, 3.8) is 0 Å². The predicted octanol–water partition coefficient (Wildman–Crippen LogP) is 4.34. The number of hydrogen-bond donors (Lipinski definition) is 1. The van der Waals surface area contributed by atoms with Crippen LogP contribution in [-0.4, -0.2) is 11.1 Å². The van der Waals surface area contributed by atoms with Crippen molar-refractivity contribution in [3.05, 3.63) is 96.6 Å². The Hall–Kier alpha value is -2.44. The van der Waals surface area contributed by atoms with Gasteiger partial charge in [-0.05, 0) is 24.1 Å². The van der Waals surface area contributed by atoms with Crippen LogP contribution >= 0.6 is 7.92 Å². The van der Waals surface area contributed by atoms with Crippen LogP contribution in [-0.2, 0) is 4.79 Å². The quantitative estimate of drug-likeness (QED) is 0.681. The van der Waals surface area contributed by atoms with Gasteiger partial charge in [0.1, 0.15) is 0 Å². The fraction of sp³-hybridized carbons (Fsp3) is 0.0952. The van der Waals surface area contributed by atoms with E-state index in [4.69, 9.17) is 0 Å². The number of carbonyl (C=O) groups is 1. The molecular weight excluding hydrogens is 315 g/mol. The Balaban J connectivity index is 2.12. The summed E-state index contributed by atoms with van der Waals surface area (Å²) in [6, 6.07) is 30.5. The molecule has 0 amide bonds. The average Bonchev–Trinajstić information content (AvgIpc) is 2.63. The first-order valence-corrected chi connectivity index (χ1v) is 9.33. The van der Waals surface area contributed by atoms with E-state index in [1.54, 1.807) is 0 Å². The summed E-state index contributed by atoms with van der Waals surface area (Å²) in [5, 5.41) is 11.9. The van der Waals surface area contributed by atoms with Crippen LogP contribution < -0.4 is 10.6 Å². The molecule has 3 aromatic carbocycles. The molecule has 3 rings (SSSR count). The molecule has 0 radical (unpaired) electrons. The second kappa shape index (κ2) is 7.90. The highest BCUT2D eigenvalue weighted by molar-refractivity contribution is 7.73. The highest BCUT2D eigenvalue weighted by Gasteiger charge is 2.28. The third-order valence-electron chi connectivity index (χ3n) is 3.93. The Morgan fingerprint density at radius 1 is 0.750 bits per heavy atom. The van der Waals surface area contributed by atoms with Crippen molar-refractivity contribution in [1.29, 1.82) is 0 Å². The van der Waals surface area contributed by atoms with Gasteiger partial charge >= 0.3 is 5.97 Å². The smallest absolute Gasteiger partial charge is 0.304 e. The first kappa shape index (κ1) is 16.4. The molecule has 0 aliphatic heterocycles. The lowest BCUT2D eigenvalue weighted by molar-refractivity contribution is -0.137. The van der Waals surface area contributed by atoms with Crippen LogP contribution in [0, 0.1) is 0 Å². The molecule has 24 heavy (non-hydrogen) atoms. The van der Waals surface area contributed by atoms with Crippen molar-refractivity contribution < 1.29 is 9.90 Å². The molecule has 1 atom stereocenters. The number of hydrogen-bond acceptors (Lipinski definition) is 1. The van der Waals surface area contributed by atoms with E-state index in [0.29, 0.717) is 0 Å². The van der Waals surface area contributed by atoms with Crippen molar-refractivity contribution >= 4 is 24.5 Å². The first-order chi connectivity index (χ1) is 11.8. The molecular formula is C21H19O2P. The van der Waals surface area contributed by atoms with Crippen molar-refractivity contribution in [1.82, 2.24) is 0 Å². The molecule has 120 valence electrons. The van der Waals surface area contributed by atoms with Gasteiger partial charge < -0.3 is 5.11 Å². The van der Waals surface area contributed by atoms with Gasteiger partial charge in [0.25, 0.3) is 0 Å². The number of carboxylic acids is 1. The van der Waals surface area contributed by atoms with Crippen LogP contribution in [0.3, 0.4) is 0 Å². The van der Waals surface area contributed by atoms with E-state index in [2.05, 4.69) is 24.3 Å². The average molecular weight is 334 g/mol. The maximum atomic E-state index is 11.6. The third-order valence-corrected chi connectivity index (χ3v) is 6.75. The summed E-state index contributed by atoms with van der Waals surface area (Å²) in [4.78, 5) is 11.6. The molecule has 0 saturated heterocycles. The van der Waals surface area contributed by atoms with E-state index in [1.165, 1.54) is 10.6 Å². The van der Waals surface area contributed by atoms with Crippen LogP contribution in [0.2, 0.25) is 0 Å². The standard InChI is InChI=1S/C21H19O2P/c22-21(23)16-20(17-10-4-1-5-11-17)24(18-12-6-2-7-13-18)19-14-8-3-9-15-19/h1-15,20H,16H2,(H,22,23). The lowest BCUT2D eigenvalue weighted by Gasteiger charge is -2.28.